The summed E-state index contributed by atoms with van der Waals surface area (Å²) in [5.41, 5.74) is 6.48. The van der Waals surface area contributed by atoms with E-state index in [1.54, 1.807) is 14.2 Å². The normalized spacial score (nSPS) is 25.4. The minimum absolute atomic E-state index is 0.106. The first-order chi connectivity index (χ1) is 32.5. The van der Waals surface area contributed by atoms with Crippen molar-refractivity contribution in [2.45, 2.75) is 76.7 Å². The van der Waals surface area contributed by atoms with Crippen LogP contribution in [0.15, 0.2) is 122 Å². The van der Waals surface area contributed by atoms with Crippen molar-refractivity contribution in [2.24, 2.45) is 23.7 Å². The Morgan fingerprint density at radius 2 is 1.05 bits per heavy atom. The molecule has 9 heterocycles. The lowest BCUT2D eigenvalue weighted by Crippen LogP contribution is -2.56. The van der Waals surface area contributed by atoms with Gasteiger partial charge in [0.05, 0.1) is 37.3 Å². The number of benzene rings is 4. The molecule has 7 aromatic rings. The van der Waals surface area contributed by atoms with E-state index in [4.69, 9.17) is 38.9 Å². The molecule has 10 heteroatoms. The molecule has 6 aliphatic rings. The number of pyridine rings is 2. The third kappa shape index (κ3) is 7.91. The maximum Gasteiger partial charge on any atom is 0.229 e. The zero-order valence-corrected chi connectivity index (χ0v) is 38.6. The molecule has 4 bridgehead atoms. The monoisotopic (exact) mass is 880 g/mol. The zero-order chi connectivity index (χ0) is 44.7. The topological polar surface area (TPSA) is 95.0 Å². The van der Waals surface area contributed by atoms with Gasteiger partial charge < -0.3 is 18.9 Å². The maximum atomic E-state index is 7.76. The lowest BCUT2D eigenvalue weighted by molar-refractivity contribution is -0.0510. The summed E-state index contributed by atoms with van der Waals surface area (Å²) in [6.07, 6.45) is 9.90. The first kappa shape index (κ1) is 42.5. The summed E-state index contributed by atoms with van der Waals surface area (Å²) in [4.78, 5) is 26.0. The Balaban J connectivity index is 1.13. The molecule has 66 heavy (non-hydrogen) atoms. The van der Waals surface area contributed by atoms with Crippen LogP contribution in [-0.2, 0) is 0 Å². The number of aromatic nitrogens is 4. The third-order valence-corrected chi connectivity index (χ3v) is 15.6. The molecule has 10 atom stereocenters. The fraction of sp³-hybridized carbons (Fsp3) is 0.393. The Labute approximate surface area is 388 Å². The highest BCUT2D eigenvalue weighted by Crippen LogP contribution is 2.50. The van der Waals surface area contributed by atoms with Gasteiger partial charge in [0.2, 0.25) is 11.8 Å². The molecule has 6 fully saturated rings. The molecule has 0 saturated carbocycles. The molecule has 0 amide bonds. The quantitative estimate of drug-likeness (QED) is 0.105. The molecule has 0 N–H and O–H groups in total. The van der Waals surface area contributed by atoms with E-state index in [9.17, 15) is 0 Å². The second-order valence-corrected chi connectivity index (χ2v) is 18.9. The molecule has 6 unspecified atom stereocenters. The van der Waals surface area contributed by atoms with Gasteiger partial charge in [-0.05, 0) is 117 Å². The van der Waals surface area contributed by atoms with E-state index in [1.165, 1.54) is 25.7 Å². The highest BCUT2D eigenvalue weighted by Gasteiger charge is 2.47. The van der Waals surface area contributed by atoms with E-state index in [0.717, 1.165) is 100 Å². The van der Waals surface area contributed by atoms with E-state index in [2.05, 4.69) is 90.4 Å². The van der Waals surface area contributed by atoms with Crippen LogP contribution in [0.2, 0.25) is 0 Å². The van der Waals surface area contributed by atoms with Crippen molar-refractivity contribution < 1.29 is 18.9 Å². The number of nitrogens with zero attached hydrogens (tertiary/aromatic N) is 6. The Morgan fingerprint density at radius 1 is 0.576 bits per heavy atom. The molecule has 0 aliphatic carbocycles. The first-order valence-electron chi connectivity index (χ1n) is 24.2. The molecule has 338 valence electrons. The summed E-state index contributed by atoms with van der Waals surface area (Å²) in [6.45, 7) is 8.88. The third-order valence-electron chi connectivity index (χ3n) is 15.6. The van der Waals surface area contributed by atoms with Gasteiger partial charge in [-0.2, -0.15) is 9.97 Å². The molecule has 4 aromatic carbocycles. The minimum atomic E-state index is -0.393. The first-order valence-corrected chi connectivity index (χ1v) is 24.2. The van der Waals surface area contributed by atoms with Crippen LogP contribution in [0.25, 0.3) is 44.3 Å². The number of piperidine rings is 6. The van der Waals surface area contributed by atoms with Gasteiger partial charge in [0.15, 0.2) is 5.82 Å². The van der Waals surface area contributed by atoms with Gasteiger partial charge in [-0.25, -0.2) is 0 Å². The van der Waals surface area contributed by atoms with Crippen molar-refractivity contribution in [3.05, 3.63) is 133 Å². The van der Waals surface area contributed by atoms with E-state index < -0.39 is 12.2 Å². The fourth-order valence-corrected chi connectivity index (χ4v) is 12.1. The van der Waals surface area contributed by atoms with Gasteiger partial charge in [-0.15, -0.1) is 0 Å². The molecule has 10 nitrogen and oxygen atoms in total. The van der Waals surface area contributed by atoms with Gasteiger partial charge in [-0.3, -0.25) is 19.8 Å². The van der Waals surface area contributed by atoms with Crippen LogP contribution in [0.4, 0.5) is 0 Å². The second-order valence-electron chi connectivity index (χ2n) is 18.9. The smallest absolute Gasteiger partial charge is 0.229 e. The summed E-state index contributed by atoms with van der Waals surface area (Å²) in [7, 11) is 3.44. The highest BCUT2D eigenvalue weighted by molar-refractivity contribution is 5.85. The second kappa shape index (κ2) is 18.3. The van der Waals surface area contributed by atoms with Crippen LogP contribution in [0.1, 0.15) is 75.7 Å². The van der Waals surface area contributed by atoms with E-state index >= 15 is 0 Å². The maximum absolute atomic E-state index is 7.76. The number of fused-ring (bicyclic) bond motifs is 8. The number of hydrogen-bond donors (Lipinski definition) is 0. The largest absolute Gasteiger partial charge is 0.497 e. The van der Waals surface area contributed by atoms with Gasteiger partial charge >= 0.3 is 0 Å². The number of methoxy groups -OCH3 is 2. The van der Waals surface area contributed by atoms with Crippen LogP contribution in [0.5, 0.6) is 23.3 Å². The average Bonchev–Trinajstić information content (AvgIpc) is 3.39. The van der Waals surface area contributed by atoms with Crippen LogP contribution in [-0.4, -0.2) is 82.2 Å². The molecule has 13 rings (SSSR count). The Morgan fingerprint density at radius 3 is 1.47 bits per heavy atom. The van der Waals surface area contributed by atoms with Crippen LogP contribution >= 0.6 is 0 Å². The van der Waals surface area contributed by atoms with Crippen LogP contribution in [0, 0.1) is 23.7 Å². The molecular formula is C56H60N6O4. The van der Waals surface area contributed by atoms with Crippen LogP contribution < -0.4 is 18.9 Å². The van der Waals surface area contributed by atoms with Gasteiger partial charge in [-0.1, -0.05) is 87.4 Å². The van der Waals surface area contributed by atoms with Gasteiger partial charge in [0, 0.05) is 52.9 Å². The Kier molecular flexibility index (Phi) is 11.8. The molecule has 6 saturated heterocycles. The zero-order valence-electron chi connectivity index (χ0n) is 38.6. The van der Waals surface area contributed by atoms with Gasteiger partial charge in [0.1, 0.15) is 29.3 Å². The lowest BCUT2D eigenvalue weighted by Gasteiger charge is -2.52. The fourth-order valence-electron chi connectivity index (χ4n) is 12.1. The van der Waals surface area contributed by atoms with Crippen molar-refractivity contribution in [3.8, 4) is 45.8 Å². The average molecular weight is 881 g/mol. The standard InChI is InChI=1S/C56H60N6O4/c1-5-35-33-61-27-23-39(35)29-49(61)52(43-21-25-57-47-19-17-41(63-3)31-45(43)47)65-55-51(37-13-9-7-10-14-37)56(60-54(59-55)38-15-11-8-12-16-38)66-53(50-30-40-24-28-62(50)34-36(40)6-2)44-22-26-58-48-20-18-42(64-4)32-46(44)48/h7-22,25-26,31-32,35-36,39-40,49-50,52-53H,5-6,23-24,27-30,33-34H2,1-4H3/t35-,36?,39?,40+,49?,50?,52+,53+/m0/s1. The Bertz CT molecular complexity index is 2680. The molecule has 3 aromatic heterocycles. The van der Waals surface area contributed by atoms with E-state index in [-0.39, 0.29) is 12.1 Å². The summed E-state index contributed by atoms with van der Waals surface area (Å²) in [5.74, 6) is 5.70. The predicted octanol–water partition coefficient (Wildman–Crippen LogP) is 11.4. The Hall–Kier alpha value is -6.10. The number of ether oxygens (including phenoxy) is 4. The van der Waals surface area contributed by atoms with Crippen LogP contribution in [0.3, 0.4) is 0 Å². The van der Waals surface area contributed by atoms with E-state index in [1.807, 2.05) is 54.9 Å². The molecule has 0 radical (unpaired) electrons. The molecular weight excluding hydrogens is 821 g/mol. The van der Waals surface area contributed by atoms with Crippen molar-refractivity contribution in [1.29, 1.82) is 0 Å². The summed E-state index contributed by atoms with van der Waals surface area (Å²) in [5, 5.41) is 2.02. The summed E-state index contributed by atoms with van der Waals surface area (Å²) < 4.78 is 27.2. The van der Waals surface area contributed by atoms with Crippen molar-refractivity contribution in [1.82, 2.24) is 29.7 Å². The highest BCUT2D eigenvalue weighted by atomic mass is 16.5. The van der Waals surface area contributed by atoms with Crippen molar-refractivity contribution >= 4 is 21.8 Å². The van der Waals surface area contributed by atoms with Crippen molar-refractivity contribution in [2.75, 3.05) is 40.4 Å². The lowest BCUT2D eigenvalue weighted by atomic mass is 9.72. The molecule has 0 spiro atoms. The van der Waals surface area contributed by atoms with Gasteiger partial charge in [0.25, 0.3) is 0 Å². The van der Waals surface area contributed by atoms with E-state index in [0.29, 0.717) is 41.3 Å². The molecule has 6 aliphatic heterocycles. The summed E-state index contributed by atoms with van der Waals surface area (Å²) in [6, 6.07) is 37.4. The number of hydrogen-bond acceptors (Lipinski definition) is 10. The number of rotatable bonds is 14. The summed E-state index contributed by atoms with van der Waals surface area (Å²) >= 11 is 0. The SMILES string of the molecule is CCC1CN2CC[C@@H]1CC2[C@H](Oc1nc(-c2ccccc2)nc(O[C@H](c2ccnc3ccc(OC)cc23)C2CC3CCN2C[C@@H]3CC)c1-c1ccccc1)c1ccnc2ccc(OC)cc12. The minimum Gasteiger partial charge on any atom is -0.497 e. The predicted molar refractivity (Wildman–Crippen MR) is 260 cm³/mol. The van der Waals surface area contributed by atoms with Crippen molar-refractivity contribution in [3.63, 3.8) is 0 Å².